The van der Waals surface area contributed by atoms with Crippen molar-refractivity contribution in [2.45, 2.75) is 19.4 Å². The fraction of sp³-hybridized carbons (Fsp3) is 0.357. The summed E-state index contributed by atoms with van der Waals surface area (Å²) in [5, 5.41) is 13.8. The quantitative estimate of drug-likeness (QED) is 0.782. The van der Waals surface area contributed by atoms with Gasteiger partial charge < -0.3 is 15.4 Å². The van der Waals surface area contributed by atoms with Crippen molar-refractivity contribution in [3.63, 3.8) is 0 Å². The fourth-order valence-corrected chi connectivity index (χ4v) is 1.54. The third-order valence-corrected chi connectivity index (χ3v) is 2.54. The minimum absolute atomic E-state index is 0.120. The SMILES string of the molecule is COCCC(=O)NCc1ccccc1NC(=O)CC#N. The molecular formula is C14H17N3O3. The lowest BCUT2D eigenvalue weighted by Crippen LogP contribution is -2.24. The number of benzene rings is 1. The third-order valence-electron chi connectivity index (χ3n) is 2.54. The van der Waals surface area contributed by atoms with Crippen LogP contribution in [-0.2, 0) is 20.9 Å². The van der Waals surface area contributed by atoms with Crippen LogP contribution in [0.25, 0.3) is 0 Å². The van der Waals surface area contributed by atoms with E-state index in [0.29, 0.717) is 25.3 Å². The first-order chi connectivity index (χ1) is 9.67. The van der Waals surface area contributed by atoms with E-state index in [4.69, 9.17) is 10.00 Å². The van der Waals surface area contributed by atoms with Crippen molar-refractivity contribution in [2.75, 3.05) is 19.0 Å². The number of carbonyl (C=O) groups is 2. The Morgan fingerprint density at radius 3 is 2.75 bits per heavy atom. The Morgan fingerprint density at radius 1 is 1.30 bits per heavy atom. The smallest absolute Gasteiger partial charge is 0.238 e. The van der Waals surface area contributed by atoms with Gasteiger partial charge >= 0.3 is 0 Å². The Hall–Kier alpha value is -2.39. The average Bonchev–Trinajstić information content (AvgIpc) is 2.44. The summed E-state index contributed by atoms with van der Waals surface area (Å²) in [6, 6.07) is 8.91. The molecule has 106 valence electrons. The Morgan fingerprint density at radius 2 is 2.05 bits per heavy atom. The zero-order chi connectivity index (χ0) is 14.8. The van der Waals surface area contributed by atoms with E-state index in [0.717, 1.165) is 5.56 Å². The standard InChI is InChI=1S/C14H17N3O3/c1-20-9-7-13(18)16-10-11-4-2-3-5-12(11)17-14(19)6-8-15/h2-5H,6-7,9-10H2,1H3,(H,16,18)(H,17,19). The number of ether oxygens (including phenoxy) is 1. The molecule has 0 fully saturated rings. The number of rotatable bonds is 7. The highest BCUT2D eigenvalue weighted by Gasteiger charge is 2.07. The first kappa shape index (κ1) is 15.7. The van der Waals surface area contributed by atoms with E-state index in [9.17, 15) is 9.59 Å². The minimum Gasteiger partial charge on any atom is -0.384 e. The number of nitriles is 1. The highest BCUT2D eigenvalue weighted by Crippen LogP contribution is 2.15. The molecule has 0 atom stereocenters. The molecule has 2 N–H and O–H groups in total. The largest absolute Gasteiger partial charge is 0.384 e. The Kier molecular flexibility index (Phi) is 6.79. The van der Waals surface area contributed by atoms with Crippen molar-refractivity contribution in [3.05, 3.63) is 29.8 Å². The maximum atomic E-state index is 11.5. The lowest BCUT2D eigenvalue weighted by Gasteiger charge is -2.11. The molecule has 0 aromatic heterocycles. The van der Waals surface area contributed by atoms with E-state index in [1.54, 1.807) is 24.3 Å². The van der Waals surface area contributed by atoms with Crippen LogP contribution in [0, 0.1) is 11.3 Å². The summed E-state index contributed by atoms with van der Waals surface area (Å²) in [5.74, 6) is -0.490. The normalized spacial score (nSPS) is 9.60. The summed E-state index contributed by atoms with van der Waals surface area (Å²) in [7, 11) is 1.54. The number of hydrogen-bond donors (Lipinski definition) is 2. The molecule has 0 spiro atoms. The molecule has 0 saturated carbocycles. The van der Waals surface area contributed by atoms with Crippen molar-refractivity contribution in [2.24, 2.45) is 0 Å². The van der Waals surface area contributed by atoms with Gasteiger partial charge in [0, 0.05) is 25.8 Å². The summed E-state index contributed by atoms with van der Waals surface area (Å²) in [4.78, 5) is 22.9. The van der Waals surface area contributed by atoms with E-state index < -0.39 is 0 Å². The Balaban J connectivity index is 2.59. The van der Waals surface area contributed by atoms with Crippen LogP contribution in [0.15, 0.2) is 24.3 Å². The van der Waals surface area contributed by atoms with Crippen molar-refractivity contribution in [1.82, 2.24) is 5.32 Å². The number of carbonyl (C=O) groups excluding carboxylic acids is 2. The molecule has 6 heteroatoms. The van der Waals surface area contributed by atoms with E-state index >= 15 is 0 Å². The van der Waals surface area contributed by atoms with Crippen LogP contribution in [0.4, 0.5) is 5.69 Å². The molecule has 0 unspecified atom stereocenters. The Bertz CT molecular complexity index is 509. The summed E-state index contributed by atoms with van der Waals surface area (Å²) >= 11 is 0. The highest BCUT2D eigenvalue weighted by atomic mass is 16.5. The molecule has 6 nitrogen and oxygen atoms in total. The van der Waals surface area contributed by atoms with Gasteiger partial charge in [-0.15, -0.1) is 0 Å². The van der Waals surface area contributed by atoms with Crippen LogP contribution in [-0.4, -0.2) is 25.5 Å². The van der Waals surface area contributed by atoms with Crippen LogP contribution < -0.4 is 10.6 Å². The number of nitrogens with zero attached hydrogens (tertiary/aromatic N) is 1. The number of methoxy groups -OCH3 is 1. The number of amides is 2. The van der Waals surface area contributed by atoms with Gasteiger partial charge in [0.05, 0.1) is 12.7 Å². The lowest BCUT2D eigenvalue weighted by atomic mass is 10.1. The molecule has 0 aliphatic heterocycles. The summed E-state index contributed by atoms with van der Waals surface area (Å²) in [5.41, 5.74) is 1.38. The second-order valence-electron chi connectivity index (χ2n) is 4.06. The highest BCUT2D eigenvalue weighted by molar-refractivity contribution is 5.92. The molecule has 0 aliphatic rings. The number of anilines is 1. The second kappa shape index (κ2) is 8.67. The number of para-hydroxylation sites is 1. The second-order valence-corrected chi connectivity index (χ2v) is 4.06. The topological polar surface area (TPSA) is 91.2 Å². The molecule has 2 amide bonds. The van der Waals surface area contributed by atoms with Crippen molar-refractivity contribution >= 4 is 17.5 Å². The van der Waals surface area contributed by atoms with Gasteiger partial charge in [-0.3, -0.25) is 9.59 Å². The van der Waals surface area contributed by atoms with Gasteiger partial charge in [-0.05, 0) is 11.6 Å². The van der Waals surface area contributed by atoms with Gasteiger partial charge in [0.15, 0.2) is 0 Å². The molecule has 1 aromatic rings. The van der Waals surface area contributed by atoms with E-state index in [-0.39, 0.29) is 18.2 Å². The maximum absolute atomic E-state index is 11.5. The van der Waals surface area contributed by atoms with E-state index in [2.05, 4.69) is 10.6 Å². The predicted molar refractivity (Wildman–Crippen MR) is 73.6 cm³/mol. The molecular weight excluding hydrogens is 258 g/mol. The fourth-order valence-electron chi connectivity index (χ4n) is 1.54. The lowest BCUT2D eigenvalue weighted by molar-refractivity contribution is -0.122. The molecule has 1 aromatic carbocycles. The van der Waals surface area contributed by atoms with Crippen LogP contribution >= 0.6 is 0 Å². The van der Waals surface area contributed by atoms with Gasteiger partial charge in [0.25, 0.3) is 0 Å². The molecule has 0 bridgehead atoms. The van der Waals surface area contributed by atoms with Crippen LogP contribution in [0.5, 0.6) is 0 Å². The zero-order valence-corrected chi connectivity index (χ0v) is 11.3. The van der Waals surface area contributed by atoms with Crippen molar-refractivity contribution in [1.29, 1.82) is 5.26 Å². The number of nitrogens with one attached hydrogen (secondary N) is 2. The molecule has 0 radical (unpaired) electrons. The predicted octanol–water partition coefficient (Wildman–Crippen LogP) is 1.19. The third kappa shape index (κ3) is 5.50. The van der Waals surface area contributed by atoms with Gasteiger partial charge in [0.1, 0.15) is 6.42 Å². The average molecular weight is 275 g/mol. The Labute approximate surface area is 117 Å². The summed E-state index contributed by atoms with van der Waals surface area (Å²) in [6.07, 6.45) is 0.0913. The summed E-state index contributed by atoms with van der Waals surface area (Å²) in [6.45, 7) is 0.679. The molecule has 0 aliphatic carbocycles. The van der Waals surface area contributed by atoms with Gasteiger partial charge in [-0.2, -0.15) is 5.26 Å². The van der Waals surface area contributed by atoms with E-state index in [1.165, 1.54) is 7.11 Å². The first-order valence-corrected chi connectivity index (χ1v) is 6.17. The monoisotopic (exact) mass is 275 g/mol. The maximum Gasteiger partial charge on any atom is 0.238 e. The van der Waals surface area contributed by atoms with Crippen LogP contribution in [0.1, 0.15) is 18.4 Å². The van der Waals surface area contributed by atoms with Crippen molar-refractivity contribution in [3.8, 4) is 6.07 Å². The summed E-state index contributed by atoms with van der Waals surface area (Å²) < 4.78 is 4.82. The minimum atomic E-state index is -0.370. The van der Waals surface area contributed by atoms with E-state index in [1.807, 2.05) is 6.07 Å². The van der Waals surface area contributed by atoms with Gasteiger partial charge in [0.2, 0.25) is 11.8 Å². The zero-order valence-electron chi connectivity index (χ0n) is 11.3. The first-order valence-electron chi connectivity index (χ1n) is 6.17. The molecule has 1 rings (SSSR count). The van der Waals surface area contributed by atoms with Gasteiger partial charge in [-0.1, -0.05) is 18.2 Å². The van der Waals surface area contributed by atoms with Crippen LogP contribution in [0.2, 0.25) is 0 Å². The van der Waals surface area contributed by atoms with Gasteiger partial charge in [-0.25, -0.2) is 0 Å². The number of hydrogen-bond acceptors (Lipinski definition) is 4. The molecule has 20 heavy (non-hydrogen) atoms. The molecule has 0 saturated heterocycles. The van der Waals surface area contributed by atoms with Crippen LogP contribution in [0.3, 0.4) is 0 Å². The molecule has 0 heterocycles. The van der Waals surface area contributed by atoms with Crippen molar-refractivity contribution < 1.29 is 14.3 Å².